The molecule has 0 unspecified atom stereocenters. The average molecular weight is 426 g/mol. The van der Waals surface area contributed by atoms with Crippen LogP contribution in [-0.2, 0) is 27.5 Å². The zero-order valence-corrected chi connectivity index (χ0v) is 20.1. The van der Waals surface area contributed by atoms with Crippen molar-refractivity contribution in [2.45, 2.75) is 73.1 Å². The van der Waals surface area contributed by atoms with Crippen LogP contribution >= 0.6 is 0 Å². The molecule has 0 spiro atoms. The monoisotopic (exact) mass is 425 g/mol. The van der Waals surface area contributed by atoms with Crippen molar-refractivity contribution in [3.63, 3.8) is 0 Å². The number of carboxylic acids is 1. The summed E-state index contributed by atoms with van der Waals surface area (Å²) in [4.78, 5) is 14.7. The van der Waals surface area contributed by atoms with Crippen LogP contribution in [0.2, 0.25) is 0 Å². The molecule has 0 bridgehead atoms. The second kappa shape index (κ2) is 20.5. The van der Waals surface area contributed by atoms with E-state index in [2.05, 4.69) is 4.98 Å². The number of hydrogen-bond donors (Lipinski definition) is 1. The number of carbonyl (C=O) groups is 1. The van der Waals surface area contributed by atoms with Crippen LogP contribution in [0.25, 0.3) is 0 Å². The van der Waals surface area contributed by atoms with Crippen LogP contribution < -0.4 is 0 Å². The summed E-state index contributed by atoms with van der Waals surface area (Å²) in [5.41, 5.74) is 1.49. The van der Waals surface area contributed by atoms with Crippen LogP contribution in [0.15, 0.2) is 53.7 Å². The van der Waals surface area contributed by atoms with Crippen molar-refractivity contribution in [1.29, 1.82) is 0 Å². The Morgan fingerprint density at radius 3 is 1.66 bits per heavy atom. The summed E-state index contributed by atoms with van der Waals surface area (Å²) in [7, 11) is -3.37. The normalized spacial score (nSPS) is 8.97. The average Bonchev–Trinajstić information content (AvgIpc) is 2.79. The maximum Gasteiger partial charge on any atom is 0.307 e. The number of benzene rings is 1. The summed E-state index contributed by atoms with van der Waals surface area (Å²) in [5, 5.41) is 8.68. The van der Waals surface area contributed by atoms with E-state index in [1.807, 2.05) is 55.4 Å². The van der Waals surface area contributed by atoms with Gasteiger partial charge in [0.25, 0.3) is 0 Å². The fourth-order valence-corrected chi connectivity index (χ4v) is 3.20. The van der Waals surface area contributed by atoms with Crippen molar-refractivity contribution in [1.82, 2.24) is 4.98 Å². The molecule has 0 aliphatic carbocycles. The molecule has 0 aliphatic heterocycles. The van der Waals surface area contributed by atoms with E-state index < -0.39 is 15.8 Å². The van der Waals surface area contributed by atoms with Gasteiger partial charge < -0.3 is 5.11 Å². The van der Waals surface area contributed by atoms with Gasteiger partial charge in [-0.3, -0.25) is 9.78 Å². The van der Waals surface area contributed by atoms with E-state index in [1.54, 1.807) is 24.5 Å². The van der Waals surface area contributed by atoms with Gasteiger partial charge in [-0.25, -0.2) is 8.42 Å². The summed E-state index contributed by atoms with van der Waals surface area (Å²) >= 11 is 0. The number of aromatic nitrogens is 1. The third kappa shape index (κ3) is 14.4. The Morgan fingerprint density at radius 1 is 0.793 bits per heavy atom. The van der Waals surface area contributed by atoms with Gasteiger partial charge >= 0.3 is 5.97 Å². The summed E-state index contributed by atoms with van der Waals surface area (Å²) in [5.74, 6) is -0.932. The maximum atomic E-state index is 12.2. The van der Waals surface area contributed by atoms with Gasteiger partial charge in [0, 0.05) is 12.4 Å². The van der Waals surface area contributed by atoms with Crippen molar-refractivity contribution >= 4 is 15.8 Å². The lowest BCUT2D eigenvalue weighted by molar-refractivity contribution is -0.136. The molecule has 0 saturated carbocycles. The largest absolute Gasteiger partial charge is 0.481 e. The Labute approximate surface area is 178 Å². The highest BCUT2D eigenvalue weighted by molar-refractivity contribution is 7.91. The minimum atomic E-state index is -3.37. The van der Waals surface area contributed by atoms with Crippen LogP contribution in [-0.4, -0.2) is 30.2 Å². The highest BCUT2D eigenvalue weighted by Crippen LogP contribution is 2.14. The van der Waals surface area contributed by atoms with Crippen LogP contribution in [0.3, 0.4) is 0 Å². The van der Waals surface area contributed by atoms with E-state index in [4.69, 9.17) is 5.11 Å². The van der Waals surface area contributed by atoms with Gasteiger partial charge in [-0.1, -0.05) is 67.5 Å². The molecule has 2 rings (SSSR count). The molecule has 0 saturated heterocycles. The summed E-state index contributed by atoms with van der Waals surface area (Å²) < 4.78 is 24.4. The number of rotatable bonds is 6. The molecule has 1 aromatic carbocycles. The molecule has 1 N–H and O–H groups in total. The zero-order chi connectivity index (χ0) is 23.3. The summed E-state index contributed by atoms with van der Waals surface area (Å²) in [6.45, 7) is 16.0. The molecule has 0 amide bonds. The van der Waals surface area contributed by atoms with Gasteiger partial charge in [0.1, 0.15) is 0 Å². The lowest BCUT2D eigenvalue weighted by Gasteiger charge is -2.05. The number of aliphatic carboxylic acids is 1. The number of carboxylic acid groups (broad SMARTS) is 1. The number of nitrogens with zero attached hydrogens (tertiary/aromatic N) is 1. The van der Waals surface area contributed by atoms with Crippen LogP contribution in [0, 0.1) is 0 Å². The van der Waals surface area contributed by atoms with Gasteiger partial charge in [0.15, 0.2) is 9.84 Å². The Bertz CT molecular complexity index is 712. The number of sulfone groups is 1. The topological polar surface area (TPSA) is 84.3 Å². The minimum Gasteiger partial charge on any atom is -0.481 e. The van der Waals surface area contributed by atoms with E-state index in [1.165, 1.54) is 24.3 Å². The van der Waals surface area contributed by atoms with Crippen molar-refractivity contribution in [3.05, 3.63) is 59.9 Å². The Balaban J connectivity index is -0.000000754. The van der Waals surface area contributed by atoms with Crippen molar-refractivity contribution in [3.8, 4) is 0 Å². The highest BCUT2D eigenvalue weighted by Gasteiger charge is 2.14. The van der Waals surface area contributed by atoms with E-state index in [-0.39, 0.29) is 17.1 Å². The third-order valence-electron chi connectivity index (χ3n) is 3.05. The molecule has 0 aliphatic rings. The molecule has 0 radical (unpaired) electrons. The second-order valence-electron chi connectivity index (χ2n) is 4.64. The Hall–Kier alpha value is -2.21. The number of hydrogen-bond acceptors (Lipinski definition) is 4. The fourth-order valence-electron chi connectivity index (χ4n) is 1.91. The van der Waals surface area contributed by atoms with Gasteiger partial charge in [0.05, 0.1) is 17.1 Å². The predicted molar refractivity (Wildman–Crippen MR) is 123 cm³/mol. The minimum absolute atomic E-state index is 0.00922. The van der Waals surface area contributed by atoms with Gasteiger partial charge in [-0.05, 0) is 41.8 Å². The van der Waals surface area contributed by atoms with Crippen LogP contribution in [0.5, 0.6) is 0 Å². The van der Waals surface area contributed by atoms with Crippen molar-refractivity contribution in [2.75, 3.05) is 5.75 Å². The molecule has 29 heavy (non-hydrogen) atoms. The summed E-state index contributed by atoms with van der Waals surface area (Å²) in [6.07, 6.45) is 3.56. The molecule has 0 atom stereocenters. The van der Waals surface area contributed by atoms with E-state index in [0.717, 1.165) is 5.56 Å². The Kier molecular flexibility index (Phi) is 22.3. The zero-order valence-electron chi connectivity index (χ0n) is 19.3. The van der Waals surface area contributed by atoms with E-state index in [0.29, 0.717) is 12.0 Å². The maximum absolute atomic E-state index is 12.2. The lowest BCUT2D eigenvalue weighted by atomic mass is 10.2. The number of aryl methyl sites for hydroxylation is 1. The second-order valence-corrected chi connectivity index (χ2v) is 6.75. The molecular weight excluding hydrogens is 386 g/mol. The molecular formula is C23H39NO4S. The molecule has 0 fully saturated rings. The molecule has 5 nitrogen and oxygen atoms in total. The SMILES string of the molecule is CC.CC.CC.CC.O=C(O)Cc1ccc(S(=O)(=O)CCc2ccncc2)cc1. The highest BCUT2D eigenvalue weighted by atomic mass is 32.2. The first-order valence-electron chi connectivity index (χ1n) is 10.4. The van der Waals surface area contributed by atoms with E-state index in [9.17, 15) is 13.2 Å². The van der Waals surface area contributed by atoms with Crippen LogP contribution in [0.1, 0.15) is 66.5 Å². The molecule has 1 heterocycles. The molecule has 2 aromatic rings. The van der Waals surface area contributed by atoms with Crippen molar-refractivity contribution < 1.29 is 18.3 Å². The first-order valence-corrected chi connectivity index (χ1v) is 12.0. The van der Waals surface area contributed by atoms with Gasteiger partial charge in [-0.2, -0.15) is 0 Å². The predicted octanol–water partition coefficient (Wildman–Crippen LogP) is 5.83. The van der Waals surface area contributed by atoms with Gasteiger partial charge in [-0.15, -0.1) is 0 Å². The van der Waals surface area contributed by atoms with Crippen molar-refractivity contribution in [2.24, 2.45) is 0 Å². The first-order chi connectivity index (χ1) is 14.0. The lowest BCUT2D eigenvalue weighted by Crippen LogP contribution is -2.09. The standard InChI is InChI=1S/C15H15NO4S.4C2H6/c17-15(18)11-13-1-3-14(4-2-13)21(19,20)10-7-12-5-8-16-9-6-12;4*1-2/h1-6,8-9H,7,10-11H2,(H,17,18);4*1-2H3. The van der Waals surface area contributed by atoms with Gasteiger partial charge in [0.2, 0.25) is 0 Å². The smallest absolute Gasteiger partial charge is 0.307 e. The molecule has 6 heteroatoms. The third-order valence-corrected chi connectivity index (χ3v) is 4.78. The summed E-state index contributed by atoms with van der Waals surface area (Å²) in [6, 6.07) is 9.55. The first kappa shape index (κ1) is 31.5. The molecule has 1 aromatic heterocycles. The molecule has 166 valence electrons. The fraction of sp³-hybridized carbons (Fsp3) is 0.478. The Morgan fingerprint density at radius 2 is 1.24 bits per heavy atom. The van der Waals surface area contributed by atoms with Crippen LogP contribution in [0.4, 0.5) is 0 Å². The van der Waals surface area contributed by atoms with E-state index >= 15 is 0 Å². The number of pyridine rings is 1. The quantitative estimate of drug-likeness (QED) is 0.629.